The minimum Gasteiger partial charge on any atom is -0.254 e. The first-order chi connectivity index (χ1) is 51.4. The number of hydrogen-bond donors (Lipinski definition) is 0. The van der Waals surface area contributed by atoms with E-state index in [0.717, 1.165) is 198 Å². The molecule has 0 saturated heterocycles. The average molecular weight is 1330 g/mol. The number of nitrogens with zero attached hydrogens (tertiary/aromatic N) is 12. The second kappa shape index (κ2) is 24.8. The maximum absolute atomic E-state index is 5.17. The molecule has 0 aliphatic heterocycles. The van der Waals surface area contributed by atoms with Crippen LogP contribution in [0.1, 0.15) is 0 Å². The van der Waals surface area contributed by atoms with E-state index in [4.69, 9.17) is 34.9 Å². The molecule has 0 atom stereocenters. The highest BCUT2D eigenvalue weighted by Crippen LogP contribution is 2.39. The van der Waals surface area contributed by atoms with Crippen molar-refractivity contribution in [1.29, 1.82) is 0 Å². The molecule has 10 heterocycles. The van der Waals surface area contributed by atoms with Crippen LogP contribution in [-0.4, -0.2) is 59.8 Å². The third kappa shape index (κ3) is 10.8. The largest absolute Gasteiger partial charge is 0.254 e. The molecular formula is C92H54N12. The molecule has 0 fully saturated rings. The summed E-state index contributed by atoms with van der Waals surface area (Å²) in [7, 11) is 0. The standard InChI is InChI=1S/C48H28N6.C44H26N6/c1-4-10-40-35(6-1)28-50-48(54-40)45-24-17-34-27-32(15-21-42(34)52-45)31-14-20-41-33(26-31)16-23-43(51-41)38-18-19-39(37-9-3-2-8-36(37)38)44-22-13-30-12-11-29-7-5-25-49-46(29)47(30)53-44;1-2-8-37-34(5-1)26-47-44(50-37)41-20-16-32-24-30(14-18-40(32)49-41)29-13-17-39-31(23-29)15-19-38(48-39)28-11-9-27(10-12-28)36-25-33-6-3-21-45-42(33)43-35(36)7-4-22-46-43/h1-28H;1-26H. The van der Waals surface area contributed by atoms with Crippen LogP contribution in [0.5, 0.6) is 0 Å². The Morgan fingerprint density at radius 1 is 0.173 bits per heavy atom. The Kier molecular flexibility index (Phi) is 14.2. The number of rotatable bonds is 8. The molecule has 0 aliphatic carbocycles. The first kappa shape index (κ1) is 59.7. The van der Waals surface area contributed by atoms with Gasteiger partial charge in [-0.3, -0.25) is 15.0 Å². The lowest BCUT2D eigenvalue weighted by atomic mass is 9.95. The molecule has 0 spiro atoms. The summed E-state index contributed by atoms with van der Waals surface area (Å²) in [6.45, 7) is 0. The fraction of sp³-hybridized carbons (Fsp3) is 0. The van der Waals surface area contributed by atoms with Gasteiger partial charge < -0.3 is 0 Å². The molecule has 104 heavy (non-hydrogen) atoms. The molecule has 11 aromatic carbocycles. The maximum Gasteiger partial charge on any atom is 0.178 e. The Balaban J connectivity index is 0.000000139. The van der Waals surface area contributed by atoms with Gasteiger partial charge in [0.05, 0.1) is 72.2 Å². The van der Waals surface area contributed by atoms with Gasteiger partial charge in [-0.05, 0) is 159 Å². The van der Waals surface area contributed by atoms with Crippen LogP contribution in [-0.2, 0) is 0 Å². The molecule has 0 amide bonds. The minimum absolute atomic E-state index is 0.624. The van der Waals surface area contributed by atoms with Crippen LogP contribution in [0.25, 0.3) is 210 Å². The van der Waals surface area contributed by atoms with E-state index in [2.05, 4.69) is 243 Å². The van der Waals surface area contributed by atoms with Gasteiger partial charge in [0.2, 0.25) is 0 Å². The normalized spacial score (nSPS) is 11.7. The second-order valence-electron chi connectivity index (χ2n) is 26.0. The van der Waals surface area contributed by atoms with E-state index in [9.17, 15) is 0 Å². The van der Waals surface area contributed by atoms with Gasteiger partial charge in [0.15, 0.2) is 11.6 Å². The molecule has 12 heteroatoms. The second-order valence-corrected chi connectivity index (χ2v) is 26.0. The lowest BCUT2D eigenvalue weighted by Crippen LogP contribution is -1.93. The molecule has 0 bridgehead atoms. The summed E-state index contributed by atoms with van der Waals surface area (Å²) in [4.78, 5) is 57.7. The van der Waals surface area contributed by atoms with Crippen LogP contribution in [0, 0.1) is 0 Å². The average Bonchev–Trinajstić information content (AvgIpc) is 0.754. The minimum atomic E-state index is 0.624. The lowest BCUT2D eigenvalue weighted by molar-refractivity contribution is 1.19. The van der Waals surface area contributed by atoms with Crippen molar-refractivity contribution in [2.75, 3.05) is 0 Å². The molecule has 0 radical (unpaired) electrons. The van der Waals surface area contributed by atoms with Crippen LogP contribution >= 0.6 is 0 Å². The molecule has 0 aliphatic rings. The Labute approximate surface area is 594 Å². The van der Waals surface area contributed by atoms with Crippen molar-refractivity contribution in [3.05, 3.63) is 328 Å². The third-order valence-electron chi connectivity index (χ3n) is 19.7. The summed E-state index contributed by atoms with van der Waals surface area (Å²) in [6, 6.07) is 103. The summed E-state index contributed by atoms with van der Waals surface area (Å²) >= 11 is 0. The van der Waals surface area contributed by atoms with Gasteiger partial charge in [-0.15, -0.1) is 0 Å². The number of pyridine rings is 8. The lowest BCUT2D eigenvalue weighted by Gasteiger charge is -2.13. The van der Waals surface area contributed by atoms with Crippen molar-refractivity contribution < 1.29 is 0 Å². The summed E-state index contributed by atoms with van der Waals surface area (Å²) in [5.74, 6) is 1.25. The van der Waals surface area contributed by atoms with Crippen molar-refractivity contribution >= 4 is 120 Å². The quantitative estimate of drug-likeness (QED) is 0.133. The fourth-order valence-electron chi connectivity index (χ4n) is 14.4. The highest BCUT2D eigenvalue weighted by molar-refractivity contribution is 6.11. The van der Waals surface area contributed by atoms with E-state index in [1.807, 2.05) is 110 Å². The summed E-state index contributed by atoms with van der Waals surface area (Å²) in [5, 5.41) is 12.9. The molecule has 0 saturated carbocycles. The topological polar surface area (TPSA) is 155 Å². The van der Waals surface area contributed by atoms with Gasteiger partial charge >= 0.3 is 0 Å². The van der Waals surface area contributed by atoms with Gasteiger partial charge in [0.1, 0.15) is 11.4 Å². The maximum atomic E-state index is 5.17. The Bertz CT molecular complexity index is 7080. The molecular weight excluding hydrogens is 1270 g/mol. The van der Waals surface area contributed by atoms with E-state index < -0.39 is 0 Å². The monoisotopic (exact) mass is 1330 g/mol. The number of hydrogen-bond acceptors (Lipinski definition) is 12. The van der Waals surface area contributed by atoms with E-state index in [1.54, 1.807) is 0 Å². The molecule has 482 valence electrons. The third-order valence-corrected chi connectivity index (χ3v) is 19.7. The molecule has 12 nitrogen and oxygen atoms in total. The summed E-state index contributed by atoms with van der Waals surface area (Å²) in [6.07, 6.45) is 9.19. The van der Waals surface area contributed by atoms with Gasteiger partial charge in [-0.2, -0.15) is 0 Å². The molecule has 0 N–H and O–H groups in total. The van der Waals surface area contributed by atoms with Crippen molar-refractivity contribution in [3.63, 3.8) is 0 Å². The van der Waals surface area contributed by atoms with Gasteiger partial charge in [-0.1, -0.05) is 182 Å². The van der Waals surface area contributed by atoms with Crippen molar-refractivity contribution in [2.45, 2.75) is 0 Å². The number of fused-ring (bicyclic) bond motifs is 13. The summed E-state index contributed by atoms with van der Waals surface area (Å²) < 4.78 is 0. The number of para-hydroxylation sites is 2. The molecule has 21 rings (SSSR count). The number of benzene rings is 11. The van der Waals surface area contributed by atoms with Gasteiger partial charge in [0.25, 0.3) is 0 Å². The summed E-state index contributed by atoms with van der Waals surface area (Å²) in [5.41, 5.74) is 23.5. The van der Waals surface area contributed by atoms with Crippen LogP contribution in [0.15, 0.2) is 328 Å². The van der Waals surface area contributed by atoms with Crippen LogP contribution in [0.3, 0.4) is 0 Å². The van der Waals surface area contributed by atoms with E-state index >= 15 is 0 Å². The van der Waals surface area contributed by atoms with Crippen molar-refractivity contribution in [3.8, 4) is 90.2 Å². The molecule has 10 aromatic heterocycles. The van der Waals surface area contributed by atoms with Crippen molar-refractivity contribution in [1.82, 2.24) is 59.8 Å². The SMILES string of the molecule is c1ccc2nc(-c3ccc4cc(-c5ccc6nc(-c7ccc(-c8cc9cccnc9c9ncccc89)cc7)ccc6c5)ccc4n3)ncc2c1.c1ccc2nc(-c3ccc4cc(-c5ccc6nc(-c7ccc(-c8ccc9ccc%10cccnc%10c9n8)c8ccccc78)ccc6c5)ccc4n3)ncc2c1. The fourth-order valence-corrected chi connectivity index (χ4v) is 14.4. The highest BCUT2D eigenvalue weighted by Gasteiger charge is 2.17. The molecule has 0 unspecified atom stereocenters. The van der Waals surface area contributed by atoms with Crippen LogP contribution in [0.2, 0.25) is 0 Å². The van der Waals surface area contributed by atoms with Crippen LogP contribution in [0.4, 0.5) is 0 Å². The van der Waals surface area contributed by atoms with Gasteiger partial charge in [-0.25, -0.2) is 44.9 Å². The first-order valence-corrected chi connectivity index (χ1v) is 34.4. The first-order valence-electron chi connectivity index (χ1n) is 34.4. The predicted octanol–water partition coefficient (Wildman–Crippen LogP) is 22.1. The van der Waals surface area contributed by atoms with E-state index in [-0.39, 0.29) is 0 Å². The van der Waals surface area contributed by atoms with E-state index in [1.165, 1.54) is 0 Å². The zero-order valence-corrected chi connectivity index (χ0v) is 55.5. The Hall–Kier alpha value is -14.4. The smallest absolute Gasteiger partial charge is 0.178 e. The van der Waals surface area contributed by atoms with Gasteiger partial charge in [0, 0.05) is 102 Å². The molecule has 21 aromatic rings. The van der Waals surface area contributed by atoms with Crippen molar-refractivity contribution in [2.24, 2.45) is 0 Å². The van der Waals surface area contributed by atoms with E-state index in [0.29, 0.717) is 11.6 Å². The zero-order valence-electron chi connectivity index (χ0n) is 55.5. The Morgan fingerprint density at radius 3 is 1.09 bits per heavy atom. The zero-order chi connectivity index (χ0) is 68.6. The van der Waals surface area contributed by atoms with Crippen LogP contribution < -0.4 is 0 Å². The highest BCUT2D eigenvalue weighted by atomic mass is 14.9. The predicted molar refractivity (Wildman–Crippen MR) is 422 cm³/mol. The Morgan fingerprint density at radius 2 is 0.538 bits per heavy atom. The number of aromatic nitrogens is 12.